The molecule has 0 atom stereocenters. The van der Waals surface area contributed by atoms with Crippen LogP contribution in [-0.2, 0) is 14.4 Å². The monoisotopic (exact) mass is 538 g/mol. The molecule has 0 bridgehead atoms. The lowest BCUT2D eigenvalue weighted by Crippen LogP contribution is -2.61. The van der Waals surface area contributed by atoms with Crippen molar-refractivity contribution in [3.8, 4) is 0 Å². The first-order valence-electron chi connectivity index (χ1n) is 14.0. The van der Waals surface area contributed by atoms with Crippen molar-refractivity contribution in [3.05, 3.63) is 29.8 Å². The standard InChI is InChI=1S/C28H39F3N3O4/c29-28(30,31)27(37)38-34(20-17-32(18-21-34)16-14-22-8-2-1-3-9-22)19-7-6-15-33-24-11-5-4-10-23(24)25(35)12-13-26(33)36/h4-5,10-11,22H,1-3,6-9,12-21H2/q+1. The minimum Gasteiger partial charge on any atom is -0.312 e. The number of Topliss-reactive ketones (excluding diaryl/α,β-unsaturated/α-hetero) is 1. The number of carbonyl (C=O) groups excluding carboxylic acids is 3. The second-order valence-corrected chi connectivity index (χ2v) is 10.9. The van der Waals surface area contributed by atoms with Crippen molar-refractivity contribution >= 4 is 23.3 Å². The average molecular weight is 539 g/mol. The maximum absolute atomic E-state index is 13.1. The zero-order chi connectivity index (χ0) is 27.2. The van der Waals surface area contributed by atoms with Gasteiger partial charge in [0.1, 0.15) is 19.6 Å². The van der Waals surface area contributed by atoms with Crippen LogP contribution >= 0.6 is 0 Å². The number of hydrogen-bond acceptors (Lipinski definition) is 5. The Balaban J connectivity index is 1.34. The Hall–Kier alpha value is -2.46. The summed E-state index contributed by atoms with van der Waals surface area (Å²) in [6.07, 6.45) is 3.74. The molecule has 38 heavy (non-hydrogen) atoms. The summed E-state index contributed by atoms with van der Waals surface area (Å²) in [4.78, 5) is 45.9. The van der Waals surface area contributed by atoms with Crippen LogP contribution in [0.4, 0.5) is 18.9 Å². The molecule has 0 N–H and O–H groups in total. The van der Waals surface area contributed by atoms with E-state index in [2.05, 4.69) is 4.90 Å². The number of halogens is 3. The molecule has 2 heterocycles. The number of fused-ring (bicyclic) bond motifs is 1. The van der Waals surface area contributed by atoms with Crippen LogP contribution in [0.2, 0.25) is 0 Å². The van der Waals surface area contributed by atoms with Gasteiger partial charge in [-0.1, -0.05) is 44.2 Å². The van der Waals surface area contributed by atoms with Gasteiger partial charge < -0.3 is 4.90 Å². The van der Waals surface area contributed by atoms with E-state index in [1.165, 1.54) is 32.1 Å². The van der Waals surface area contributed by atoms with Crippen LogP contribution in [0.5, 0.6) is 0 Å². The number of anilines is 1. The van der Waals surface area contributed by atoms with E-state index in [0.717, 1.165) is 18.9 Å². The molecule has 3 aliphatic rings. The van der Waals surface area contributed by atoms with Gasteiger partial charge in [0.25, 0.3) is 0 Å². The number of quaternary nitrogens is 1. The van der Waals surface area contributed by atoms with Crippen LogP contribution < -0.4 is 4.90 Å². The Morgan fingerprint density at radius 2 is 1.68 bits per heavy atom. The molecule has 4 rings (SSSR count). The van der Waals surface area contributed by atoms with Gasteiger partial charge in [-0.25, -0.2) is 4.79 Å². The summed E-state index contributed by atoms with van der Waals surface area (Å²) >= 11 is 0. The number of nitrogens with zero attached hydrogens (tertiary/aromatic N) is 3. The summed E-state index contributed by atoms with van der Waals surface area (Å²) in [6.45, 7) is 3.31. The van der Waals surface area contributed by atoms with Crippen molar-refractivity contribution < 1.29 is 37.0 Å². The van der Waals surface area contributed by atoms with Crippen molar-refractivity contribution in [2.75, 3.05) is 50.7 Å². The predicted octanol–water partition coefficient (Wildman–Crippen LogP) is 4.90. The van der Waals surface area contributed by atoms with Crippen molar-refractivity contribution in [2.24, 2.45) is 5.92 Å². The highest BCUT2D eigenvalue weighted by Crippen LogP contribution is 2.29. The molecule has 1 amide bonds. The lowest BCUT2D eigenvalue weighted by molar-refractivity contribution is -1.09. The van der Waals surface area contributed by atoms with Crippen LogP contribution in [0.15, 0.2) is 24.3 Å². The average Bonchev–Trinajstić information content (AvgIpc) is 3.02. The maximum Gasteiger partial charge on any atom is 0.497 e. The number of carbonyl (C=O) groups is 3. The number of rotatable bonds is 9. The third kappa shape index (κ3) is 7.34. The van der Waals surface area contributed by atoms with E-state index in [1.54, 1.807) is 29.2 Å². The van der Waals surface area contributed by atoms with Crippen LogP contribution in [0.25, 0.3) is 0 Å². The summed E-state index contributed by atoms with van der Waals surface area (Å²) < 4.78 is 38.9. The van der Waals surface area contributed by atoms with Crippen LogP contribution in [0, 0.1) is 5.92 Å². The quantitative estimate of drug-likeness (QED) is 0.331. The maximum atomic E-state index is 13.1. The van der Waals surface area contributed by atoms with E-state index in [9.17, 15) is 27.6 Å². The lowest BCUT2D eigenvalue weighted by atomic mass is 9.87. The van der Waals surface area contributed by atoms with Crippen LogP contribution in [0.1, 0.15) is 74.6 Å². The van der Waals surface area contributed by atoms with Gasteiger partial charge in [-0.3, -0.25) is 19.3 Å². The molecular weight excluding hydrogens is 499 g/mol. The summed E-state index contributed by atoms with van der Waals surface area (Å²) in [5.41, 5.74) is 1.10. The number of hydroxylamine groups is 3. The van der Waals surface area contributed by atoms with Gasteiger partial charge in [-0.05, 0) is 37.4 Å². The minimum atomic E-state index is -5.04. The molecule has 7 nitrogen and oxygen atoms in total. The number of alkyl halides is 3. The Labute approximate surface area is 222 Å². The van der Waals surface area contributed by atoms with Gasteiger partial charge in [0.2, 0.25) is 5.91 Å². The number of amides is 1. The van der Waals surface area contributed by atoms with Gasteiger partial charge in [0.05, 0.1) is 18.8 Å². The fourth-order valence-corrected chi connectivity index (χ4v) is 6.01. The first kappa shape index (κ1) is 28.5. The third-order valence-electron chi connectivity index (χ3n) is 8.29. The molecule has 1 aliphatic carbocycles. The zero-order valence-corrected chi connectivity index (χ0v) is 22.0. The molecule has 1 aromatic rings. The summed E-state index contributed by atoms with van der Waals surface area (Å²) in [5.74, 6) is -1.62. The Bertz CT molecular complexity index is 986. The van der Waals surface area contributed by atoms with Gasteiger partial charge in [0, 0.05) is 31.4 Å². The largest absolute Gasteiger partial charge is 0.497 e. The molecule has 1 saturated heterocycles. The summed E-state index contributed by atoms with van der Waals surface area (Å²) in [6, 6.07) is 7.01. The number of para-hydroxylation sites is 1. The van der Waals surface area contributed by atoms with E-state index >= 15 is 0 Å². The number of ketones is 1. The molecule has 1 aromatic carbocycles. The summed E-state index contributed by atoms with van der Waals surface area (Å²) in [5, 5.41) is 0. The van der Waals surface area contributed by atoms with Gasteiger partial charge >= 0.3 is 12.1 Å². The molecule has 0 radical (unpaired) electrons. The Morgan fingerprint density at radius 1 is 0.974 bits per heavy atom. The normalized spacial score (nSPS) is 21.2. The van der Waals surface area contributed by atoms with Crippen molar-refractivity contribution in [1.29, 1.82) is 0 Å². The molecule has 0 aromatic heterocycles. The van der Waals surface area contributed by atoms with E-state index < -0.39 is 12.1 Å². The molecule has 210 valence electrons. The topological polar surface area (TPSA) is 66.9 Å². The number of piperazine rings is 1. The fraction of sp³-hybridized carbons (Fsp3) is 0.679. The third-order valence-corrected chi connectivity index (χ3v) is 8.29. The van der Waals surface area contributed by atoms with Crippen molar-refractivity contribution in [2.45, 2.75) is 70.4 Å². The van der Waals surface area contributed by atoms with Crippen LogP contribution in [0.3, 0.4) is 0 Å². The molecule has 2 fully saturated rings. The number of benzene rings is 1. The van der Waals surface area contributed by atoms with E-state index in [0.29, 0.717) is 56.8 Å². The fourth-order valence-electron chi connectivity index (χ4n) is 6.01. The van der Waals surface area contributed by atoms with Gasteiger partial charge in [-0.2, -0.15) is 13.2 Å². The number of unbranched alkanes of at least 4 members (excludes halogenated alkanes) is 1. The predicted molar refractivity (Wildman–Crippen MR) is 136 cm³/mol. The minimum absolute atomic E-state index is 0.0682. The first-order chi connectivity index (χ1) is 18.2. The lowest BCUT2D eigenvalue weighted by Gasteiger charge is -2.41. The molecule has 10 heteroatoms. The van der Waals surface area contributed by atoms with E-state index in [1.807, 2.05) is 0 Å². The summed E-state index contributed by atoms with van der Waals surface area (Å²) in [7, 11) is 0. The molecule has 2 aliphatic heterocycles. The van der Waals surface area contributed by atoms with Crippen molar-refractivity contribution in [3.63, 3.8) is 0 Å². The highest BCUT2D eigenvalue weighted by Gasteiger charge is 2.48. The van der Waals surface area contributed by atoms with Crippen molar-refractivity contribution in [1.82, 2.24) is 4.90 Å². The van der Waals surface area contributed by atoms with E-state index in [4.69, 9.17) is 4.84 Å². The highest BCUT2D eigenvalue weighted by molar-refractivity contribution is 6.10. The molecule has 1 saturated carbocycles. The molecular formula is C28H39F3N3O4+. The highest BCUT2D eigenvalue weighted by atomic mass is 19.4. The Kier molecular flexibility index (Phi) is 9.46. The molecule has 0 unspecified atom stereocenters. The second-order valence-electron chi connectivity index (χ2n) is 10.9. The van der Waals surface area contributed by atoms with Gasteiger partial charge in [-0.15, -0.1) is 4.65 Å². The number of hydrogen-bond donors (Lipinski definition) is 0. The van der Waals surface area contributed by atoms with Gasteiger partial charge in [0.15, 0.2) is 5.78 Å². The second kappa shape index (κ2) is 12.6. The first-order valence-corrected chi connectivity index (χ1v) is 14.0. The SMILES string of the molecule is O=C1CCC(=O)N(CCCC[N+]2(OC(=O)C(F)(F)F)CCN(CCC3CCCCC3)CC2)c2ccccc21. The smallest absolute Gasteiger partial charge is 0.312 e. The van der Waals surface area contributed by atoms with E-state index in [-0.39, 0.29) is 35.7 Å². The molecule has 0 spiro atoms. The Morgan fingerprint density at radius 3 is 2.39 bits per heavy atom. The zero-order valence-electron chi connectivity index (χ0n) is 22.0. The van der Waals surface area contributed by atoms with Crippen LogP contribution in [-0.4, -0.2) is 79.2 Å².